The first kappa shape index (κ1) is 21.8. The Labute approximate surface area is 191 Å². The minimum atomic E-state index is -0.516. The maximum atomic E-state index is 13.0. The summed E-state index contributed by atoms with van der Waals surface area (Å²) in [5, 5.41) is 2.77. The number of furan rings is 1. The molecule has 0 saturated heterocycles. The maximum Gasteiger partial charge on any atom is 0.295 e. The molecule has 168 valence electrons. The maximum absolute atomic E-state index is 13.0. The topological polar surface area (TPSA) is 79.2 Å². The molecule has 0 unspecified atom stereocenters. The lowest BCUT2D eigenvalue weighted by atomic mass is 10.1. The van der Waals surface area contributed by atoms with Gasteiger partial charge in [0.25, 0.3) is 5.91 Å². The number of carbonyl (C=O) groups excluding carboxylic acids is 1. The lowest BCUT2D eigenvalue weighted by Gasteiger charge is -2.15. The van der Waals surface area contributed by atoms with E-state index in [0.29, 0.717) is 28.7 Å². The van der Waals surface area contributed by atoms with Crippen LogP contribution in [0, 0.1) is 0 Å². The summed E-state index contributed by atoms with van der Waals surface area (Å²) in [7, 11) is 4.51. The number of hydrogen-bond acceptors (Lipinski definition) is 6. The van der Waals surface area contributed by atoms with Gasteiger partial charge in [0, 0.05) is 18.2 Å². The summed E-state index contributed by atoms with van der Waals surface area (Å²) in [5.74, 6) is 1.65. The predicted molar refractivity (Wildman–Crippen MR) is 125 cm³/mol. The van der Waals surface area contributed by atoms with E-state index in [0.717, 1.165) is 11.1 Å². The van der Waals surface area contributed by atoms with E-state index in [2.05, 4.69) is 5.32 Å². The molecule has 0 atom stereocenters. The smallest absolute Gasteiger partial charge is 0.295 e. The fraction of sp³-hybridized carbons (Fsp3) is 0.115. The number of nitrogens with one attached hydrogen (secondary N) is 1. The van der Waals surface area contributed by atoms with Crippen molar-refractivity contribution in [1.29, 1.82) is 0 Å². The summed E-state index contributed by atoms with van der Waals surface area (Å²) < 4.78 is 27.3. The van der Waals surface area contributed by atoms with Crippen LogP contribution in [-0.2, 0) is 0 Å². The van der Waals surface area contributed by atoms with Crippen LogP contribution in [0.5, 0.6) is 28.7 Å². The Morgan fingerprint density at radius 3 is 1.97 bits per heavy atom. The standard InChI is InChI=1S/C26H23NO6/c1-29-20-15-22(30-2)24(23(16-20)31-3)27-26(28)25-21(13-14-32-25)33-19-11-9-18(10-12-19)17-7-5-4-6-8-17/h4-16H,1-3H3,(H,27,28). The SMILES string of the molecule is COc1cc(OC)c(NC(=O)c2occc2Oc2ccc(-c3ccccc3)cc2)c(OC)c1. The highest BCUT2D eigenvalue weighted by Crippen LogP contribution is 2.39. The Morgan fingerprint density at radius 1 is 0.727 bits per heavy atom. The number of methoxy groups -OCH3 is 3. The number of anilines is 1. The second-order valence-corrected chi connectivity index (χ2v) is 6.97. The largest absolute Gasteiger partial charge is 0.496 e. The summed E-state index contributed by atoms with van der Waals surface area (Å²) in [4.78, 5) is 13.0. The van der Waals surface area contributed by atoms with Crippen molar-refractivity contribution in [3.05, 3.63) is 84.8 Å². The molecule has 0 radical (unpaired) electrons. The van der Waals surface area contributed by atoms with Crippen LogP contribution in [-0.4, -0.2) is 27.2 Å². The van der Waals surface area contributed by atoms with Crippen molar-refractivity contribution < 1.29 is 28.2 Å². The van der Waals surface area contributed by atoms with Crippen LogP contribution >= 0.6 is 0 Å². The van der Waals surface area contributed by atoms with E-state index in [-0.39, 0.29) is 11.5 Å². The van der Waals surface area contributed by atoms with Crippen molar-refractivity contribution in [3.63, 3.8) is 0 Å². The first-order chi connectivity index (χ1) is 16.1. The van der Waals surface area contributed by atoms with E-state index in [1.165, 1.54) is 27.6 Å². The number of rotatable bonds is 8. The molecule has 1 amide bonds. The average molecular weight is 445 g/mol. The Hall–Kier alpha value is -4.39. The minimum absolute atomic E-state index is 0.0158. The van der Waals surface area contributed by atoms with E-state index < -0.39 is 5.91 Å². The van der Waals surface area contributed by atoms with Gasteiger partial charge < -0.3 is 28.7 Å². The molecule has 7 heteroatoms. The summed E-state index contributed by atoms with van der Waals surface area (Å²) in [6, 6.07) is 22.5. The van der Waals surface area contributed by atoms with Crippen molar-refractivity contribution >= 4 is 11.6 Å². The van der Waals surface area contributed by atoms with Crippen molar-refractivity contribution in [2.75, 3.05) is 26.6 Å². The van der Waals surface area contributed by atoms with Crippen molar-refractivity contribution in [2.24, 2.45) is 0 Å². The molecule has 1 aromatic heterocycles. The number of hydrogen-bond donors (Lipinski definition) is 1. The molecule has 0 aliphatic carbocycles. The van der Waals surface area contributed by atoms with E-state index in [1.54, 1.807) is 18.2 Å². The molecule has 0 aliphatic rings. The molecule has 4 aromatic rings. The Bertz CT molecular complexity index is 1210. The van der Waals surface area contributed by atoms with Crippen molar-refractivity contribution in [1.82, 2.24) is 0 Å². The fourth-order valence-electron chi connectivity index (χ4n) is 3.32. The van der Waals surface area contributed by atoms with Crippen LogP contribution in [0.15, 0.2) is 83.5 Å². The Morgan fingerprint density at radius 2 is 1.36 bits per heavy atom. The van der Waals surface area contributed by atoms with Gasteiger partial charge in [0.15, 0.2) is 5.75 Å². The number of ether oxygens (including phenoxy) is 4. The van der Waals surface area contributed by atoms with Crippen LogP contribution in [0.4, 0.5) is 5.69 Å². The highest BCUT2D eigenvalue weighted by atomic mass is 16.5. The third kappa shape index (κ3) is 4.77. The second-order valence-electron chi connectivity index (χ2n) is 6.97. The van der Waals surface area contributed by atoms with Gasteiger partial charge in [-0.1, -0.05) is 42.5 Å². The van der Waals surface area contributed by atoms with Gasteiger partial charge in [-0.2, -0.15) is 0 Å². The molecule has 1 heterocycles. The lowest BCUT2D eigenvalue weighted by Crippen LogP contribution is -2.13. The summed E-state index contributed by atoms with van der Waals surface area (Å²) in [6.45, 7) is 0. The van der Waals surface area contributed by atoms with Gasteiger partial charge in [-0.05, 0) is 23.3 Å². The van der Waals surface area contributed by atoms with E-state index in [4.69, 9.17) is 23.4 Å². The zero-order valence-corrected chi connectivity index (χ0v) is 18.5. The summed E-state index contributed by atoms with van der Waals surface area (Å²) >= 11 is 0. The molecule has 1 N–H and O–H groups in total. The van der Waals surface area contributed by atoms with Gasteiger partial charge in [-0.25, -0.2) is 0 Å². The van der Waals surface area contributed by atoms with Crippen LogP contribution < -0.4 is 24.3 Å². The van der Waals surface area contributed by atoms with Gasteiger partial charge >= 0.3 is 0 Å². The van der Waals surface area contributed by atoms with Gasteiger partial charge in [0.05, 0.1) is 27.6 Å². The van der Waals surface area contributed by atoms with Gasteiger partial charge in [0.1, 0.15) is 28.7 Å². The van der Waals surface area contributed by atoms with Crippen LogP contribution in [0.25, 0.3) is 11.1 Å². The Kier molecular flexibility index (Phi) is 6.50. The predicted octanol–water partition coefficient (Wildman–Crippen LogP) is 6.02. The molecule has 0 bridgehead atoms. The molecule has 0 aliphatic heterocycles. The first-order valence-corrected chi connectivity index (χ1v) is 10.1. The zero-order valence-electron chi connectivity index (χ0n) is 18.5. The second kappa shape index (κ2) is 9.82. The fourth-order valence-corrected chi connectivity index (χ4v) is 3.32. The first-order valence-electron chi connectivity index (χ1n) is 10.1. The van der Waals surface area contributed by atoms with Gasteiger partial charge in [-0.15, -0.1) is 0 Å². The van der Waals surface area contributed by atoms with Crippen LogP contribution in [0.1, 0.15) is 10.6 Å². The number of benzene rings is 3. The van der Waals surface area contributed by atoms with E-state index >= 15 is 0 Å². The van der Waals surface area contributed by atoms with Crippen molar-refractivity contribution in [2.45, 2.75) is 0 Å². The molecule has 3 aromatic carbocycles. The number of carbonyl (C=O) groups is 1. The van der Waals surface area contributed by atoms with Gasteiger partial charge in [-0.3, -0.25) is 4.79 Å². The van der Waals surface area contributed by atoms with Crippen molar-refractivity contribution in [3.8, 4) is 39.9 Å². The Balaban J connectivity index is 1.54. The van der Waals surface area contributed by atoms with Crippen LogP contribution in [0.3, 0.4) is 0 Å². The monoisotopic (exact) mass is 445 g/mol. The third-order valence-electron chi connectivity index (χ3n) is 4.98. The molecule has 4 rings (SSSR count). The minimum Gasteiger partial charge on any atom is -0.496 e. The molecule has 33 heavy (non-hydrogen) atoms. The molecule has 0 spiro atoms. The van der Waals surface area contributed by atoms with E-state index in [1.807, 2.05) is 54.6 Å². The quantitative estimate of drug-likeness (QED) is 0.357. The molecule has 7 nitrogen and oxygen atoms in total. The highest BCUT2D eigenvalue weighted by molar-refractivity contribution is 6.06. The van der Waals surface area contributed by atoms with Gasteiger partial charge in [0.2, 0.25) is 5.76 Å². The molecular weight excluding hydrogens is 422 g/mol. The molecule has 0 fully saturated rings. The summed E-state index contributed by atoms with van der Waals surface area (Å²) in [6.07, 6.45) is 1.39. The highest BCUT2D eigenvalue weighted by Gasteiger charge is 2.22. The van der Waals surface area contributed by atoms with E-state index in [9.17, 15) is 4.79 Å². The molecule has 0 saturated carbocycles. The average Bonchev–Trinajstić information content (AvgIpc) is 3.33. The third-order valence-corrected chi connectivity index (χ3v) is 4.98. The van der Waals surface area contributed by atoms with Crippen LogP contribution in [0.2, 0.25) is 0 Å². The summed E-state index contributed by atoms with van der Waals surface area (Å²) in [5.41, 5.74) is 2.52. The zero-order chi connectivity index (χ0) is 23.2. The number of amides is 1. The molecular formula is C26H23NO6. The lowest BCUT2D eigenvalue weighted by molar-refractivity contribution is 0.0992. The normalized spacial score (nSPS) is 10.4.